The minimum atomic E-state index is -0.454. The summed E-state index contributed by atoms with van der Waals surface area (Å²) in [5.74, 6) is 0.527. The Morgan fingerprint density at radius 1 is 1.25 bits per heavy atom. The molecule has 0 bridgehead atoms. The third-order valence-corrected chi connectivity index (χ3v) is 4.20. The molecule has 2 aromatic rings. The Morgan fingerprint density at radius 2 is 1.93 bits per heavy atom. The number of rotatable bonds is 8. The van der Waals surface area contributed by atoms with Crippen molar-refractivity contribution in [2.75, 3.05) is 19.5 Å². The van der Waals surface area contributed by atoms with Gasteiger partial charge in [-0.3, -0.25) is 14.9 Å². The van der Waals surface area contributed by atoms with Crippen LogP contribution in [0.15, 0.2) is 36.4 Å². The van der Waals surface area contributed by atoms with E-state index in [2.05, 4.69) is 10.1 Å². The van der Waals surface area contributed by atoms with E-state index in [0.717, 1.165) is 16.7 Å². The summed E-state index contributed by atoms with van der Waals surface area (Å²) in [6, 6.07) is 8.79. The van der Waals surface area contributed by atoms with Gasteiger partial charge in [-0.15, -0.1) is 0 Å². The molecule has 2 aromatic carbocycles. The monoisotopic (exact) mass is 384 g/mol. The van der Waals surface area contributed by atoms with Crippen molar-refractivity contribution in [3.05, 3.63) is 63.2 Å². The van der Waals surface area contributed by atoms with E-state index >= 15 is 0 Å². The molecule has 7 heteroatoms. The van der Waals surface area contributed by atoms with E-state index in [1.54, 1.807) is 25.2 Å². The van der Waals surface area contributed by atoms with Gasteiger partial charge in [0.25, 0.3) is 0 Å². The van der Waals surface area contributed by atoms with Crippen LogP contribution < -0.4 is 10.1 Å². The Hall–Kier alpha value is -3.35. The molecule has 0 radical (unpaired) electrons. The molecule has 0 saturated heterocycles. The van der Waals surface area contributed by atoms with E-state index in [9.17, 15) is 14.9 Å². The lowest BCUT2D eigenvalue weighted by Gasteiger charge is -2.14. The van der Waals surface area contributed by atoms with E-state index in [0.29, 0.717) is 24.3 Å². The zero-order valence-corrected chi connectivity index (χ0v) is 16.4. The lowest BCUT2D eigenvalue weighted by Crippen LogP contribution is -2.00. The van der Waals surface area contributed by atoms with E-state index in [1.807, 2.05) is 38.1 Å². The maximum atomic E-state index is 11.5. The van der Waals surface area contributed by atoms with Crippen LogP contribution in [0.25, 0.3) is 6.08 Å². The summed E-state index contributed by atoms with van der Waals surface area (Å²) in [5, 5.41) is 14.3. The largest absolute Gasteiger partial charge is 0.469 e. The fourth-order valence-corrected chi connectivity index (χ4v) is 2.87. The summed E-state index contributed by atoms with van der Waals surface area (Å²) in [7, 11) is 3.00. The molecule has 28 heavy (non-hydrogen) atoms. The van der Waals surface area contributed by atoms with Crippen molar-refractivity contribution in [3.63, 3.8) is 0 Å². The average molecular weight is 384 g/mol. The first-order valence-electron chi connectivity index (χ1n) is 8.85. The van der Waals surface area contributed by atoms with Gasteiger partial charge in [0.1, 0.15) is 11.4 Å². The topological polar surface area (TPSA) is 90.7 Å². The second kappa shape index (κ2) is 9.55. The number of aryl methyl sites for hydroxylation is 2. The number of nitrogens with one attached hydrogen (secondary N) is 1. The highest BCUT2D eigenvalue weighted by Crippen LogP contribution is 2.39. The van der Waals surface area contributed by atoms with Crippen molar-refractivity contribution < 1.29 is 19.2 Å². The molecule has 2 rings (SSSR count). The van der Waals surface area contributed by atoms with Crippen LogP contribution in [0.3, 0.4) is 0 Å². The number of ether oxygens (including phenoxy) is 2. The number of carbonyl (C=O) groups is 1. The average Bonchev–Trinajstić information content (AvgIpc) is 2.67. The fourth-order valence-electron chi connectivity index (χ4n) is 2.87. The molecule has 0 aliphatic carbocycles. The summed E-state index contributed by atoms with van der Waals surface area (Å²) in [5.41, 5.74) is 2.97. The molecule has 0 atom stereocenters. The number of nitro groups is 1. The van der Waals surface area contributed by atoms with Crippen LogP contribution in [-0.4, -0.2) is 25.1 Å². The second-order valence-corrected chi connectivity index (χ2v) is 6.26. The number of esters is 1. The number of nitro benzene ring substituents is 1. The number of para-hydroxylation sites is 1. The molecule has 0 amide bonds. The highest BCUT2D eigenvalue weighted by atomic mass is 16.6. The first kappa shape index (κ1) is 21.0. The standard InChI is InChI=1S/C21H24N2O5/c1-14-12-16(8-5-6-11-19(24)27-4)13-15(2)21(14)28-18-10-7-9-17(22-3)20(18)23(25)26/h5,7-10,12-13,22H,6,11H2,1-4H3. The number of hydrogen-bond acceptors (Lipinski definition) is 6. The van der Waals surface area contributed by atoms with Crippen LogP contribution in [0, 0.1) is 24.0 Å². The van der Waals surface area contributed by atoms with Gasteiger partial charge in [0, 0.05) is 13.5 Å². The summed E-state index contributed by atoms with van der Waals surface area (Å²) < 4.78 is 10.5. The quantitative estimate of drug-likeness (QED) is 0.391. The Bertz CT molecular complexity index is 883. The van der Waals surface area contributed by atoms with E-state index in [1.165, 1.54) is 7.11 Å². The van der Waals surface area contributed by atoms with Crippen molar-refractivity contribution in [1.29, 1.82) is 0 Å². The van der Waals surface area contributed by atoms with E-state index in [4.69, 9.17) is 4.74 Å². The Morgan fingerprint density at radius 3 is 2.50 bits per heavy atom. The smallest absolute Gasteiger partial charge is 0.334 e. The van der Waals surface area contributed by atoms with Crippen molar-refractivity contribution >= 4 is 23.4 Å². The molecule has 0 fully saturated rings. The molecule has 0 unspecified atom stereocenters. The molecule has 0 saturated carbocycles. The maximum absolute atomic E-state index is 11.5. The maximum Gasteiger partial charge on any atom is 0.334 e. The number of nitrogens with zero attached hydrogens (tertiary/aromatic N) is 1. The third-order valence-electron chi connectivity index (χ3n) is 4.20. The number of hydrogen-bond donors (Lipinski definition) is 1. The van der Waals surface area contributed by atoms with Crippen molar-refractivity contribution in [2.24, 2.45) is 0 Å². The third kappa shape index (κ3) is 5.09. The minimum Gasteiger partial charge on any atom is -0.469 e. The van der Waals surface area contributed by atoms with Crippen LogP contribution in [0.4, 0.5) is 11.4 Å². The first-order valence-corrected chi connectivity index (χ1v) is 8.85. The molecular weight excluding hydrogens is 360 g/mol. The van der Waals surface area contributed by atoms with E-state index < -0.39 is 4.92 Å². The zero-order chi connectivity index (χ0) is 20.7. The lowest BCUT2D eigenvalue weighted by molar-refractivity contribution is -0.384. The second-order valence-electron chi connectivity index (χ2n) is 6.26. The summed E-state index contributed by atoms with van der Waals surface area (Å²) >= 11 is 0. The number of allylic oxidation sites excluding steroid dienone is 1. The Balaban J connectivity index is 2.26. The van der Waals surface area contributed by atoms with Crippen molar-refractivity contribution in [1.82, 2.24) is 0 Å². The van der Waals surface area contributed by atoms with Gasteiger partial charge in [-0.2, -0.15) is 0 Å². The molecular formula is C21H24N2O5. The lowest BCUT2D eigenvalue weighted by atomic mass is 10.0. The normalized spacial score (nSPS) is 10.7. The van der Waals surface area contributed by atoms with Crippen LogP contribution in [0.5, 0.6) is 11.5 Å². The van der Waals surface area contributed by atoms with Crippen molar-refractivity contribution in [2.45, 2.75) is 26.7 Å². The number of anilines is 1. The molecule has 148 valence electrons. The number of methoxy groups -OCH3 is 1. The van der Waals surface area contributed by atoms with Crippen molar-refractivity contribution in [3.8, 4) is 11.5 Å². The Kier molecular flexibility index (Phi) is 7.14. The van der Waals surface area contributed by atoms with Gasteiger partial charge in [-0.05, 0) is 61.2 Å². The first-order chi connectivity index (χ1) is 13.4. The summed E-state index contributed by atoms with van der Waals surface area (Å²) in [6.45, 7) is 3.78. The highest BCUT2D eigenvalue weighted by molar-refractivity contribution is 5.70. The van der Waals surface area contributed by atoms with Crippen LogP contribution >= 0.6 is 0 Å². The fraction of sp³-hybridized carbons (Fsp3) is 0.286. The molecule has 1 N–H and O–H groups in total. The SMILES string of the molecule is CNc1cccc(Oc2c(C)cc(C=CCCC(=O)OC)cc2C)c1[N+](=O)[O-]. The molecule has 0 aliphatic heterocycles. The van der Waals surface area contributed by atoms with Gasteiger partial charge < -0.3 is 14.8 Å². The predicted molar refractivity (Wildman–Crippen MR) is 109 cm³/mol. The highest BCUT2D eigenvalue weighted by Gasteiger charge is 2.22. The van der Waals surface area contributed by atoms with Crippen LogP contribution in [0.2, 0.25) is 0 Å². The van der Waals surface area contributed by atoms with Gasteiger partial charge >= 0.3 is 11.7 Å². The van der Waals surface area contributed by atoms with E-state index in [-0.39, 0.29) is 17.4 Å². The minimum absolute atomic E-state index is 0.101. The molecule has 0 spiro atoms. The van der Waals surface area contributed by atoms with Gasteiger partial charge in [0.05, 0.1) is 12.0 Å². The Labute approximate surface area is 164 Å². The molecule has 0 heterocycles. The number of benzene rings is 2. The molecule has 0 aromatic heterocycles. The van der Waals surface area contributed by atoms with Crippen LogP contribution in [-0.2, 0) is 9.53 Å². The van der Waals surface area contributed by atoms with Gasteiger partial charge in [0.2, 0.25) is 5.75 Å². The summed E-state index contributed by atoms with van der Waals surface area (Å²) in [4.78, 5) is 22.2. The number of carbonyl (C=O) groups excluding carboxylic acids is 1. The zero-order valence-electron chi connectivity index (χ0n) is 16.4. The van der Waals surface area contributed by atoms with Gasteiger partial charge in [-0.25, -0.2) is 0 Å². The predicted octanol–water partition coefficient (Wildman–Crippen LogP) is 5.01. The molecule has 7 nitrogen and oxygen atoms in total. The van der Waals surface area contributed by atoms with Gasteiger partial charge in [0.15, 0.2) is 0 Å². The summed E-state index contributed by atoms with van der Waals surface area (Å²) in [6.07, 6.45) is 4.76. The molecule has 0 aliphatic rings. The van der Waals surface area contributed by atoms with Gasteiger partial charge in [-0.1, -0.05) is 18.2 Å². The van der Waals surface area contributed by atoms with Crippen LogP contribution in [0.1, 0.15) is 29.5 Å².